The van der Waals surface area contributed by atoms with E-state index in [9.17, 15) is 4.79 Å². The molecule has 2 aromatic carbocycles. The molecule has 0 radical (unpaired) electrons. The molecule has 0 aliphatic heterocycles. The third-order valence-corrected chi connectivity index (χ3v) is 4.40. The highest BCUT2D eigenvalue weighted by atomic mass is 35.5. The molecule has 0 amide bonds. The zero-order valence-corrected chi connectivity index (χ0v) is 15.1. The summed E-state index contributed by atoms with van der Waals surface area (Å²) in [4.78, 5) is 19.6. The van der Waals surface area contributed by atoms with Gasteiger partial charge in [0.05, 0.1) is 22.9 Å². The van der Waals surface area contributed by atoms with E-state index in [2.05, 4.69) is 9.97 Å². The fourth-order valence-corrected chi connectivity index (χ4v) is 3.09. The molecular weight excluding hydrogens is 368 g/mol. The van der Waals surface area contributed by atoms with Gasteiger partial charge in [0.2, 0.25) is 0 Å². The first kappa shape index (κ1) is 17.1. The number of aromatic nitrogens is 4. The molecule has 4 rings (SSSR count). The highest BCUT2D eigenvalue weighted by molar-refractivity contribution is 6.30. The van der Waals surface area contributed by atoms with E-state index in [1.54, 1.807) is 30.7 Å². The molecule has 0 aliphatic carbocycles. The predicted octanol–water partition coefficient (Wildman–Crippen LogP) is 3.54. The van der Waals surface area contributed by atoms with E-state index >= 15 is 0 Å². The van der Waals surface area contributed by atoms with Gasteiger partial charge in [-0.15, -0.1) is 0 Å². The van der Waals surface area contributed by atoms with Gasteiger partial charge in [0.1, 0.15) is 11.6 Å². The summed E-state index contributed by atoms with van der Waals surface area (Å²) in [5, 5.41) is 9.41. The monoisotopic (exact) mass is 382 g/mol. The van der Waals surface area contributed by atoms with Gasteiger partial charge < -0.3 is 14.4 Å². The van der Waals surface area contributed by atoms with Gasteiger partial charge in [0.15, 0.2) is 6.61 Å². The van der Waals surface area contributed by atoms with Crippen molar-refractivity contribution < 1.29 is 14.6 Å². The molecule has 1 N–H and O–H groups in total. The first-order valence-corrected chi connectivity index (χ1v) is 8.50. The van der Waals surface area contributed by atoms with Crippen molar-refractivity contribution in [3.05, 3.63) is 60.1 Å². The summed E-state index contributed by atoms with van der Waals surface area (Å²) in [6.07, 6.45) is 5.26. The molecule has 0 saturated carbocycles. The fourth-order valence-electron chi connectivity index (χ4n) is 2.92. The molecule has 2 aromatic heterocycles. The maximum atomic E-state index is 10.9. The molecular formula is C19H15ClN4O3. The van der Waals surface area contributed by atoms with E-state index in [1.807, 2.05) is 40.6 Å². The Balaban J connectivity index is 1.82. The van der Waals surface area contributed by atoms with Crippen LogP contribution in [-0.2, 0) is 11.8 Å². The highest BCUT2D eigenvalue weighted by Gasteiger charge is 2.15. The lowest BCUT2D eigenvalue weighted by Gasteiger charge is -2.13. The van der Waals surface area contributed by atoms with Crippen molar-refractivity contribution in [3.63, 3.8) is 0 Å². The average Bonchev–Trinajstić information content (AvgIpc) is 3.27. The van der Waals surface area contributed by atoms with E-state index < -0.39 is 12.6 Å². The number of nitrogens with zero attached hydrogens (tertiary/aromatic N) is 4. The number of fused-ring (bicyclic) bond motifs is 1. The lowest BCUT2D eigenvalue weighted by atomic mass is 10.1. The largest absolute Gasteiger partial charge is 0.481 e. The molecule has 0 unspecified atom stereocenters. The van der Waals surface area contributed by atoms with Crippen molar-refractivity contribution in [2.45, 2.75) is 0 Å². The number of hydrogen-bond donors (Lipinski definition) is 1. The smallest absolute Gasteiger partial charge is 0.341 e. The minimum Gasteiger partial charge on any atom is -0.481 e. The van der Waals surface area contributed by atoms with Gasteiger partial charge in [-0.25, -0.2) is 14.8 Å². The Morgan fingerprint density at radius 3 is 2.89 bits per heavy atom. The Hall–Kier alpha value is -3.32. The number of hydrogen-bond acceptors (Lipinski definition) is 4. The summed E-state index contributed by atoms with van der Waals surface area (Å²) in [6.45, 7) is -0.448. The number of ether oxygens (including phenoxy) is 1. The number of aryl methyl sites for hydroxylation is 1. The van der Waals surface area contributed by atoms with Crippen molar-refractivity contribution in [2.24, 2.45) is 7.05 Å². The number of carboxylic acid groups (broad SMARTS) is 1. The van der Waals surface area contributed by atoms with E-state index in [0.717, 1.165) is 16.7 Å². The van der Waals surface area contributed by atoms with Crippen molar-refractivity contribution in [1.82, 2.24) is 19.1 Å². The maximum absolute atomic E-state index is 10.9. The third-order valence-electron chi connectivity index (χ3n) is 4.16. The van der Waals surface area contributed by atoms with Crippen LogP contribution >= 0.6 is 11.6 Å². The van der Waals surface area contributed by atoms with E-state index in [-0.39, 0.29) is 0 Å². The summed E-state index contributed by atoms with van der Waals surface area (Å²) in [7, 11) is 1.93. The van der Waals surface area contributed by atoms with E-state index in [1.165, 1.54) is 0 Å². The summed E-state index contributed by atoms with van der Waals surface area (Å²) in [6, 6.07) is 10.9. The topological polar surface area (TPSA) is 82.2 Å². The second kappa shape index (κ2) is 6.77. The first-order valence-electron chi connectivity index (χ1n) is 8.12. The van der Waals surface area contributed by atoms with Gasteiger partial charge in [-0.3, -0.25) is 4.57 Å². The summed E-state index contributed by atoms with van der Waals surface area (Å²) < 4.78 is 9.25. The zero-order chi connectivity index (χ0) is 19.0. The lowest BCUT2D eigenvalue weighted by molar-refractivity contribution is -0.139. The van der Waals surface area contributed by atoms with Crippen LogP contribution in [0, 0.1) is 0 Å². The molecule has 27 heavy (non-hydrogen) atoms. The van der Waals surface area contributed by atoms with Crippen molar-refractivity contribution in [2.75, 3.05) is 6.61 Å². The van der Waals surface area contributed by atoms with Gasteiger partial charge >= 0.3 is 5.97 Å². The Morgan fingerprint density at radius 2 is 2.07 bits per heavy atom. The van der Waals surface area contributed by atoms with Crippen LogP contribution in [-0.4, -0.2) is 36.8 Å². The standard InChI is InChI=1S/C19H15ClN4O3/c1-23-11-22-15-4-3-13(9-16(15)23)24-7-6-21-19(24)14-8-12(20)2-5-17(14)27-10-18(25)26/h2-9,11H,10H2,1H3,(H,25,26). The lowest BCUT2D eigenvalue weighted by Crippen LogP contribution is -2.10. The second-order valence-electron chi connectivity index (χ2n) is 5.97. The molecule has 136 valence electrons. The third kappa shape index (κ3) is 3.24. The quantitative estimate of drug-likeness (QED) is 0.571. The van der Waals surface area contributed by atoms with Gasteiger partial charge in [0, 0.05) is 30.2 Å². The van der Waals surface area contributed by atoms with Crippen molar-refractivity contribution >= 4 is 28.6 Å². The van der Waals surface area contributed by atoms with Crippen molar-refractivity contribution in [3.8, 4) is 22.8 Å². The molecule has 0 fully saturated rings. The van der Waals surface area contributed by atoms with Crippen LogP contribution < -0.4 is 4.74 Å². The minimum absolute atomic E-state index is 0.399. The predicted molar refractivity (Wildman–Crippen MR) is 101 cm³/mol. The highest BCUT2D eigenvalue weighted by Crippen LogP contribution is 2.33. The zero-order valence-electron chi connectivity index (χ0n) is 14.3. The summed E-state index contributed by atoms with van der Waals surface area (Å²) in [5.74, 6) is -0.0591. The first-order chi connectivity index (χ1) is 13.0. The summed E-state index contributed by atoms with van der Waals surface area (Å²) >= 11 is 6.16. The van der Waals surface area contributed by atoms with Gasteiger partial charge in [-0.2, -0.15) is 0 Å². The van der Waals surface area contributed by atoms with Crippen molar-refractivity contribution in [1.29, 1.82) is 0 Å². The van der Waals surface area contributed by atoms with E-state index in [4.69, 9.17) is 21.4 Å². The fraction of sp³-hybridized carbons (Fsp3) is 0.105. The molecule has 2 heterocycles. The molecule has 8 heteroatoms. The normalized spacial score (nSPS) is 11.0. The Kier molecular flexibility index (Phi) is 4.29. The van der Waals surface area contributed by atoms with E-state index in [0.29, 0.717) is 22.2 Å². The number of imidazole rings is 2. The van der Waals surface area contributed by atoms with Crippen LogP contribution in [0.25, 0.3) is 28.1 Å². The number of rotatable bonds is 5. The molecule has 4 aromatic rings. The van der Waals surface area contributed by atoms with Crippen LogP contribution in [0.5, 0.6) is 5.75 Å². The van der Waals surface area contributed by atoms with Crippen LogP contribution in [0.1, 0.15) is 0 Å². The van der Waals surface area contributed by atoms with Crippen LogP contribution in [0.2, 0.25) is 5.02 Å². The average molecular weight is 383 g/mol. The van der Waals surface area contributed by atoms with Gasteiger partial charge in [-0.05, 0) is 36.4 Å². The Labute approximate surface area is 159 Å². The second-order valence-corrected chi connectivity index (χ2v) is 6.41. The molecule has 0 bridgehead atoms. The van der Waals surface area contributed by atoms with Gasteiger partial charge in [0.25, 0.3) is 0 Å². The summed E-state index contributed by atoms with van der Waals surface area (Å²) in [5.41, 5.74) is 3.39. The Bertz CT molecular complexity index is 1150. The minimum atomic E-state index is -1.05. The number of benzene rings is 2. The van der Waals surface area contributed by atoms with Crippen LogP contribution in [0.4, 0.5) is 0 Å². The molecule has 0 spiro atoms. The molecule has 0 saturated heterocycles. The molecule has 0 aliphatic rings. The number of carbonyl (C=O) groups is 1. The number of halogens is 1. The SMILES string of the molecule is Cn1cnc2ccc(-n3ccnc3-c3cc(Cl)ccc3OCC(=O)O)cc21. The number of carboxylic acids is 1. The molecule has 0 atom stereocenters. The molecule has 7 nitrogen and oxygen atoms in total. The Morgan fingerprint density at radius 1 is 1.22 bits per heavy atom. The van der Waals surface area contributed by atoms with Crippen LogP contribution in [0.15, 0.2) is 55.1 Å². The van der Waals surface area contributed by atoms with Crippen LogP contribution in [0.3, 0.4) is 0 Å². The van der Waals surface area contributed by atoms with Gasteiger partial charge in [-0.1, -0.05) is 11.6 Å². The number of aliphatic carboxylic acids is 1. The maximum Gasteiger partial charge on any atom is 0.341 e.